The van der Waals surface area contributed by atoms with Crippen molar-refractivity contribution in [2.75, 3.05) is 12.4 Å². The summed E-state index contributed by atoms with van der Waals surface area (Å²) in [5, 5.41) is 4.64. The Morgan fingerprint density at radius 2 is 2.16 bits per heavy atom. The molecule has 0 saturated carbocycles. The van der Waals surface area contributed by atoms with Gasteiger partial charge in [-0.15, -0.1) is 11.6 Å². The Morgan fingerprint density at radius 1 is 1.32 bits per heavy atom. The second-order valence-corrected chi connectivity index (χ2v) is 5.73. The molecule has 0 aromatic carbocycles. The molecule has 1 aromatic rings. The van der Waals surface area contributed by atoms with Crippen molar-refractivity contribution >= 4 is 11.6 Å². The molecule has 1 aliphatic rings. The maximum atomic E-state index is 6.16. The topological polar surface area (TPSA) is 21.1 Å². The lowest BCUT2D eigenvalue weighted by molar-refractivity contribution is 0.201. The van der Waals surface area contributed by atoms with E-state index in [1.807, 2.05) is 0 Å². The summed E-state index contributed by atoms with van der Waals surface area (Å²) in [6.07, 6.45) is 6.22. The first kappa shape index (κ1) is 14.9. The van der Waals surface area contributed by atoms with Crippen LogP contribution in [0.1, 0.15) is 50.9 Å². The summed E-state index contributed by atoms with van der Waals surface area (Å²) in [6.45, 7) is 7.46. The number of aromatic nitrogens is 2. The maximum absolute atomic E-state index is 6.16. The fourth-order valence-electron chi connectivity index (χ4n) is 2.92. The van der Waals surface area contributed by atoms with E-state index in [0.717, 1.165) is 25.4 Å². The average molecular weight is 284 g/mol. The lowest BCUT2D eigenvalue weighted by atomic mass is 10.1. The minimum absolute atomic E-state index is 0.537. The quantitative estimate of drug-likeness (QED) is 0.772. The Morgan fingerprint density at radius 3 is 2.84 bits per heavy atom. The molecule has 3 nitrogen and oxygen atoms in total. The predicted molar refractivity (Wildman–Crippen MR) is 80.7 cm³/mol. The molecule has 2 rings (SSSR count). The number of alkyl halides is 1. The van der Waals surface area contributed by atoms with Gasteiger partial charge >= 0.3 is 0 Å². The van der Waals surface area contributed by atoms with E-state index < -0.39 is 0 Å². The van der Waals surface area contributed by atoms with E-state index >= 15 is 0 Å². The molecular weight excluding hydrogens is 258 g/mol. The van der Waals surface area contributed by atoms with Gasteiger partial charge in [0.1, 0.15) is 0 Å². The van der Waals surface area contributed by atoms with E-state index in [4.69, 9.17) is 11.6 Å². The average Bonchev–Trinajstić information content (AvgIpc) is 2.69. The fraction of sp³-hybridized carbons (Fsp3) is 0.800. The van der Waals surface area contributed by atoms with Crippen molar-refractivity contribution in [2.24, 2.45) is 0 Å². The van der Waals surface area contributed by atoms with Gasteiger partial charge in [0.15, 0.2) is 0 Å². The van der Waals surface area contributed by atoms with Gasteiger partial charge in [-0.2, -0.15) is 5.10 Å². The van der Waals surface area contributed by atoms with Crippen molar-refractivity contribution in [3.05, 3.63) is 17.5 Å². The number of rotatable bonds is 5. The van der Waals surface area contributed by atoms with Gasteiger partial charge in [0.2, 0.25) is 0 Å². The van der Waals surface area contributed by atoms with Gasteiger partial charge in [0.25, 0.3) is 0 Å². The molecule has 1 unspecified atom stereocenters. The van der Waals surface area contributed by atoms with Gasteiger partial charge in [-0.1, -0.05) is 19.8 Å². The molecule has 0 radical (unpaired) electrons. The molecule has 0 N–H and O–H groups in total. The molecule has 1 saturated heterocycles. The third kappa shape index (κ3) is 3.73. The van der Waals surface area contributed by atoms with Crippen LogP contribution < -0.4 is 0 Å². The summed E-state index contributed by atoms with van der Waals surface area (Å²) in [5.74, 6) is 0.751. The van der Waals surface area contributed by atoms with Crippen LogP contribution in [0.2, 0.25) is 0 Å². The molecular formula is C15H26ClN3. The number of aryl methyl sites for hydroxylation is 2. The van der Waals surface area contributed by atoms with Gasteiger partial charge in [0, 0.05) is 25.0 Å². The molecule has 4 heteroatoms. The molecule has 108 valence electrons. The Hall–Kier alpha value is -0.540. The zero-order valence-electron chi connectivity index (χ0n) is 12.2. The minimum Gasteiger partial charge on any atom is -0.293 e. The maximum Gasteiger partial charge on any atom is 0.0625 e. The third-order valence-corrected chi connectivity index (χ3v) is 4.47. The molecule has 1 aliphatic heterocycles. The molecule has 1 fully saturated rings. The van der Waals surface area contributed by atoms with Crippen LogP contribution in [0.15, 0.2) is 6.07 Å². The van der Waals surface area contributed by atoms with Crippen molar-refractivity contribution < 1.29 is 0 Å². The standard InChI is InChI=1S/C15H26ClN3/c1-3-13-10-15(19(4-2)17-13)12-18-9-7-5-6-8-14(18)11-16/h10,14H,3-9,11-12H2,1-2H3. The minimum atomic E-state index is 0.537. The SMILES string of the molecule is CCc1cc(CN2CCCCCC2CCl)n(CC)n1. The van der Waals surface area contributed by atoms with Gasteiger partial charge in [-0.05, 0) is 38.8 Å². The smallest absolute Gasteiger partial charge is 0.0625 e. The molecule has 0 amide bonds. The molecule has 19 heavy (non-hydrogen) atoms. The second-order valence-electron chi connectivity index (χ2n) is 5.42. The number of halogens is 1. The molecule has 1 atom stereocenters. The Labute approximate surface area is 121 Å². The van der Waals surface area contributed by atoms with Crippen LogP contribution in [-0.2, 0) is 19.5 Å². The van der Waals surface area contributed by atoms with E-state index in [1.54, 1.807) is 0 Å². The highest BCUT2D eigenvalue weighted by Crippen LogP contribution is 2.20. The highest BCUT2D eigenvalue weighted by molar-refractivity contribution is 6.18. The Bertz CT molecular complexity index is 389. The van der Waals surface area contributed by atoms with E-state index in [1.165, 1.54) is 43.6 Å². The van der Waals surface area contributed by atoms with Crippen LogP contribution >= 0.6 is 11.6 Å². The summed E-state index contributed by atoms with van der Waals surface area (Å²) >= 11 is 6.16. The van der Waals surface area contributed by atoms with Crippen molar-refractivity contribution in [3.8, 4) is 0 Å². The van der Waals surface area contributed by atoms with E-state index in [2.05, 4.69) is 34.6 Å². The first-order chi connectivity index (χ1) is 9.28. The lowest BCUT2D eigenvalue weighted by Crippen LogP contribution is -2.36. The second kappa shape index (κ2) is 7.30. The van der Waals surface area contributed by atoms with E-state index in [9.17, 15) is 0 Å². The van der Waals surface area contributed by atoms with Crippen molar-refractivity contribution in [1.82, 2.24) is 14.7 Å². The fourth-order valence-corrected chi connectivity index (χ4v) is 3.27. The largest absolute Gasteiger partial charge is 0.293 e. The molecule has 0 bridgehead atoms. The van der Waals surface area contributed by atoms with Gasteiger partial charge in [-0.3, -0.25) is 9.58 Å². The third-order valence-electron chi connectivity index (χ3n) is 4.12. The predicted octanol–water partition coefficient (Wildman–Crippen LogP) is 3.45. The molecule has 2 heterocycles. The summed E-state index contributed by atoms with van der Waals surface area (Å²) in [5.41, 5.74) is 2.55. The summed E-state index contributed by atoms with van der Waals surface area (Å²) in [4.78, 5) is 2.56. The van der Waals surface area contributed by atoms with Crippen molar-refractivity contribution in [2.45, 2.75) is 65.1 Å². The molecule has 1 aromatic heterocycles. The number of hydrogen-bond acceptors (Lipinski definition) is 2. The van der Waals surface area contributed by atoms with Crippen LogP contribution in [0, 0.1) is 0 Å². The number of hydrogen-bond donors (Lipinski definition) is 0. The highest BCUT2D eigenvalue weighted by atomic mass is 35.5. The number of likely N-dealkylation sites (tertiary alicyclic amines) is 1. The van der Waals surface area contributed by atoms with Gasteiger partial charge < -0.3 is 0 Å². The Balaban J connectivity index is 2.11. The Kier molecular flexibility index (Phi) is 5.71. The summed E-state index contributed by atoms with van der Waals surface area (Å²) < 4.78 is 2.15. The summed E-state index contributed by atoms with van der Waals surface area (Å²) in [6, 6.07) is 2.80. The van der Waals surface area contributed by atoms with Crippen LogP contribution in [0.5, 0.6) is 0 Å². The van der Waals surface area contributed by atoms with Crippen molar-refractivity contribution in [1.29, 1.82) is 0 Å². The van der Waals surface area contributed by atoms with Crippen LogP contribution in [0.25, 0.3) is 0 Å². The zero-order valence-corrected chi connectivity index (χ0v) is 13.0. The van der Waals surface area contributed by atoms with Crippen LogP contribution in [0.4, 0.5) is 0 Å². The molecule has 0 spiro atoms. The van der Waals surface area contributed by atoms with E-state index in [-0.39, 0.29) is 0 Å². The van der Waals surface area contributed by atoms with Crippen LogP contribution in [-0.4, -0.2) is 33.1 Å². The van der Waals surface area contributed by atoms with Crippen molar-refractivity contribution in [3.63, 3.8) is 0 Å². The monoisotopic (exact) mass is 283 g/mol. The number of nitrogens with zero attached hydrogens (tertiary/aromatic N) is 3. The summed E-state index contributed by atoms with van der Waals surface area (Å²) in [7, 11) is 0. The first-order valence-electron chi connectivity index (χ1n) is 7.64. The normalized spacial score (nSPS) is 21.5. The van der Waals surface area contributed by atoms with E-state index in [0.29, 0.717) is 6.04 Å². The highest BCUT2D eigenvalue weighted by Gasteiger charge is 2.21. The lowest BCUT2D eigenvalue weighted by Gasteiger charge is -2.28. The van der Waals surface area contributed by atoms with Crippen LogP contribution in [0.3, 0.4) is 0 Å². The van der Waals surface area contributed by atoms with Gasteiger partial charge in [-0.25, -0.2) is 0 Å². The zero-order chi connectivity index (χ0) is 13.7. The van der Waals surface area contributed by atoms with Gasteiger partial charge in [0.05, 0.1) is 11.4 Å². The first-order valence-corrected chi connectivity index (χ1v) is 8.17. The molecule has 0 aliphatic carbocycles.